The summed E-state index contributed by atoms with van der Waals surface area (Å²) in [7, 11) is 1.42. The summed E-state index contributed by atoms with van der Waals surface area (Å²) in [6, 6.07) is 0.0215. The van der Waals surface area contributed by atoms with Gasteiger partial charge in [0.15, 0.2) is 23.3 Å². The smallest absolute Gasteiger partial charge is 0.276 e. The van der Waals surface area contributed by atoms with E-state index in [2.05, 4.69) is 15.1 Å². The summed E-state index contributed by atoms with van der Waals surface area (Å²) in [6.07, 6.45) is 3.23. The molecule has 1 fully saturated rings. The summed E-state index contributed by atoms with van der Waals surface area (Å²) in [4.78, 5) is 28.0. The maximum atomic E-state index is 14.5. The van der Waals surface area contributed by atoms with E-state index in [4.69, 9.17) is 25.6 Å². The van der Waals surface area contributed by atoms with Crippen LogP contribution in [0.4, 0.5) is 10.3 Å². The van der Waals surface area contributed by atoms with Crippen molar-refractivity contribution in [3.8, 4) is 0 Å². The lowest BCUT2D eigenvalue weighted by molar-refractivity contribution is 0.0600. The van der Waals surface area contributed by atoms with Crippen molar-refractivity contribution in [3.63, 3.8) is 0 Å². The first-order valence-corrected chi connectivity index (χ1v) is 10.8. The van der Waals surface area contributed by atoms with Gasteiger partial charge in [-0.25, -0.2) is 19.3 Å². The quantitative estimate of drug-likeness (QED) is 0.594. The molecule has 0 spiro atoms. The second-order valence-corrected chi connectivity index (χ2v) is 8.37. The van der Waals surface area contributed by atoms with Gasteiger partial charge in [-0.2, -0.15) is 4.52 Å². The fourth-order valence-electron chi connectivity index (χ4n) is 4.47. The number of amides is 1. The van der Waals surface area contributed by atoms with Crippen LogP contribution in [0.25, 0.3) is 11.7 Å². The zero-order valence-electron chi connectivity index (χ0n) is 18.4. The average molecular weight is 456 g/mol. The number of alkyl halides is 1. The Bertz CT molecular complexity index is 1250. The molecule has 12 heteroatoms. The summed E-state index contributed by atoms with van der Waals surface area (Å²) in [6.45, 7) is 2.53. The first kappa shape index (κ1) is 21.3. The van der Waals surface area contributed by atoms with Crippen molar-refractivity contribution < 1.29 is 18.3 Å². The van der Waals surface area contributed by atoms with Crippen LogP contribution in [0.5, 0.6) is 0 Å². The number of hydrogen-bond donors (Lipinski definition) is 2. The normalized spacial score (nSPS) is 22.8. The van der Waals surface area contributed by atoms with Crippen LogP contribution in [0.3, 0.4) is 0 Å². The minimum absolute atomic E-state index is 0.0215. The SMILES string of the molecule is COC1=Cc2nc(N)n3nc([C@@H]4CC[C@H](C)N(C(=O)c5coc(CN)n5)C4)nc3c2CC1F. The first-order chi connectivity index (χ1) is 15.9. The number of hydrogen-bond acceptors (Lipinski definition) is 9. The Hall–Kier alpha value is -3.54. The van der Waals surface area contributed by atoms with E-state index in [-0.39, 0.29) is 48.2 Å². The van der Waals surface area contributed by atoms with E-state index in [1.54, 1.807) is 11.0 Å². The van der Waals surface area contributed by atoms with Gasteiger partial charge in [0, 0.05) is 36.6 Å². The number of fused-ring (bicyclic) bond motifs is 3. The van der Waals surface area contributed by atoms with Crippen molar-refractivity contribution in [1.29, 1.82) is 0 Å². The number of anilines is 1. The average Bonchev–Trinajstić information content (AvgIpc) is 3.47. The van der Waals surface area contributed by atoms with Crippen molar-refractivity contribution >= 4 is 23.6 Å². The summed E-state index contributed by atoms with van der Waals surface area (Å²) in [5.41, 5.74) is 13.5. The Morgan fingerprint density at radius 1 is 1.33 bits per heavy atom. The monoisotopic (exact) mass is 456 g/mol. The molecule has 1 unspecified atom stereocenters. The maximum absolute atomic E-state index is 14.5. The van der Waals surface area contributed by atoms with Gasteiger partial charge in [-0.05, 0) is 19.8 Å². The number of rotatable bonds is 4. The Balaban J connectivity index is 1.47. The molecule has 3 atom stereocenters. The van der Waals surface area contributed by atoms with Crippen molar-refractivity contribution in [3.05, 3.63) is 40.7 Å². The van der Waals surface area contributed by atoms with Crippen LogP contribution in [-0.4, -0.2) is 61.2 Å². The molecule has 0 bridgehead atoms. The van der Waals surface area contributed by atoms with Crippen LogP contribution < -0.4 is 11.5 Å². The number of carbonyl (C=O) groups is 1. The number of ether oxygens (including phenoxy) is 1. The Labute approximate surface area is 188 Å². The first-order valence-electron chi connectivity index (χ1n) is 10.8. The van der Waals surface area contributed by atoms with Gasteiger partial charge in [-0.15, -0.1) is 5.10 Å². The molecule has 174 valence electrons. The standard InChI is InChI=1S/C21H25FN8O3/c1-10-3-4-11(8-29(10)20(31)15-9-33-17(7-23)25-15)18-27-19-12-5-13(22)16(32-2)6-14(12)26-21(24)30(19)28-18/h6,9-11,13H,3-5,7-8,23H2,1-2H3,(H2,24,26)/t10-,11+,13?/m0/s1. The molecule has 0 radical (unpaired) electrons. The van der Waals surface area contributed by atoms with Crippen LogP contribution in [0, 0.1) is 0 Å². The van der Waals surface area contributed by atoms with Crippen LogP contribution >= 0.6 is 0 Å². The van der Waals surface area contributed by atoms with E-state index >= 15 is 0 Å². The van der Waals surface area contributed by atoms with Crippen molar-refractivity contribution in [2.75, 3.05) is 19.4 Å². The number of nitrogen functional groups attached to an aromatic ring is 1. The Morgan fingerprint density at radius 2 is 2.15 bits per heavy atom. The predicted molar refractivity (Wildman–Crippen MR) is 116 cm³/mol. The third-order valence-electron chi connectivity index (χ3n) is 6.31. The molecule has 5 rings (SSSR count). The second-order valence-electron chi connectivity index (χ2n) is 8.37. The number of likely N-dealkylation sites (tertiary alicyclic amines) is 1. The number of piperidine rings is 1. The van der Waals surface area contributed by atoms with Gasteiger partial charge in [0.1, 0.15) is 12.0 Å². The Morgan fingerprint density at radius 3 is 2.88 bits per heavy atom. The second kappa shape index (κ2) is 8.10. The van der Waals surface area contributed by atoms with E-state index in [1.165, 1.54) is 17.9 Å². The van der Waals surface area contributed by atoms with E-state index in [0.29, 0.717) is 35.2 Å². The number of carbonyl (C=O) groups excluding carboxylic acids is 1. The lowest BCUT2D eigenvalue weighted by Crippen LogP contribution is -2.45. The lowest BCUT2D eigenvalue weighted by Gasteiger charge is -2.36. The fourth-order valence-corrected chi connectivity index (χ4v) is 4.47. The number of nitrogens with zero attached hydrogens (tertiary/aromatic N) is 6. The number of aromatic nitrogens is 5. The van der Waals surface area contributed by atoms with Gasteiger partial charge in [-0.1, -0.05) is 0 Å². The summed E-state index contributed by atoms with van der Waals surface area (Å²) in [5, 5.41) is 4.57. The third-order valence-corrected chi connectivity index (χ3v) is 6.31. The highest BCUT2D eigenvalue weighted by Gasteiger charge is 2.34. The molecule has 2 aliphatic rings. The molecule has 33 heavy (non-hydrogen) atoms. The van der Waals surface area contributed by atoms with Gasteiger partial charge in [-0.3, -0.25) is 4.79 Å². The van der Waals surface area contributed by atoms with Gasteiger partial charge in [0.25, 0.3) is 5.91 Å². The molecular formula is C21H25FN8O3. The molecule has 3 aromatic rings. The van der Waals surface area contributed by atoms with Crippen LogP contribution in [0.2, 0.25) is 0 Å². The number of allylic oxidation sites excluding steroid dienone is 1. The van der Waals surface area contributed by atoms with E-state index in [9.17, 15) is 9.18 Å². The zero-order valence-corrected chi connectivity index (χ0v) is 18.4. The lowest BCUT2D eigenvalue weighted by atomic mass is 9.92. The fraction of sp³-hybridized carbons (Fsp3) is 0.476. The molecule has 1 amide bonds. The number of methoxy groups -OCH3 is 1. The maximum Gasteiger partial charge on any atom is 0.276 e. The topological polar surface area (TPSA) is 151 Å². The predicted octanol–water partition coefficient (Wildman–Crippen LogP) is 1.44. The van der Waals surface area contributed by atoms with Crippen LogP contribution in [0.15, 0.2) is 16.4 Å². The molecular weight excluding hydrogens is 431 g/mol. The minimum Gasteiger partial charge on any atom is -0.498 e. The third kappa shape index (κ3) is 3.59. The molecule has 1 aliphatic heterocycles. The highest BCUT2D eigenvalue weighted by atomic mass is 19.1. The molecule has 1 saturated heterocycles. The van der Waals surface area contributed by atoms with E-state index < -0.39 is 6.17 Å². The minimum atomic E-state index is -1.29. The summed E-state index contributed by atoms with van der Waals surface area (Å²) in [5.74, 6) is 0.874. The summed E-state index contributed by atoms with van der Waals surface area (Å²) < 4.78 is 26.3. The van der Waals surface area contributed by atoms with Crippen molar-refractivity contribution in [2.45, 2.75) is 50.9 Å². The molecule has 3 aromatic heterocycles. The van der Waals surface area contributed by atoms with Crippen LogP contribution in [0.1, 0.15) is 59.1 Å². The van der Waals surface area contributed by atoms with Crippen molar-refractivity contribution in [2.24, 2.45) is 5.73 Å². The molecule has 1 aliphatic carbocycles. The molecule has 0 saturated carbocycles. The molecule has 4 heterocycles. The van der Waals surface area contributed by atoms with Gasteiger partial charge in [0.05, 0.1) is 19.3 Å². The van der Waals surface area contributed by atoms with E-state index in [0.717, 1.165) is 12.8 Å². The molecule has 11 nitrogen and oxygen atoms in total. The van der Waals surface area contributed by atoms with E-state index in [1.807, 2.05) is 6.92 Å². The zero-order chi connectivity index (χ0) is 23.3. The summed E-state index contributed by atoms with van der Waals surface area (Å²) >= 11 is 0. The van der Waals surface area contributed by atoms with Crippen molar-refractivity contribution in [1.82, 2.24) is 29.5 Å². The number of nitrogens with two attached hydrogens (primary N) is 2. The Kier molecular flexibility index (Phi) is 5.23. The highest BCUT2D eigenvalue weighted by molar-refractivity contribution is 5.92. The van der Waals surface area contributed by atoms with Gasteiger partial charge >= 0.3 is 0 Å². The molecule has 4 N–H and O–H groups in total. The van der Waals surface area contributed by atoms with Gasteiger partial charge < -0.3 is 25.5 Å². The largest absolute Gasteiger partial charge is 0.498 e. The highest BCUT2D eigenvalue weighted by Crippen LogP contribution is 2.33. The number of oxazole rings is 1. The van der Waals surface area contributed by atoms with Gasteiger partial charge in [0.2, 0.25) is 11.8 Å². The molecule has 0 aromatic carbocycles. The number of halogens is 1. The van der Waals surface area contributed by atoms with Crippen LogP contribution in [-0.2, 0) is 17.7 Å².